The minimum atomic E-state index is 0.0665. The molecule has 1 aromatic carbocycles. The fourth-order valence-corrected chi connectivity index (χ4v) is 4.42. The van der Waals surface area contributed by atoms with Crippen LogP contribution in [0.25, 0.3) is 11.0 Å². The van der Waals surface area contributed by atoms with Crippen LogP contribution in [0, 0.1) is 0 Å². The number of piperazine rings is 1. The number of thiophene rings is 1. The first-order chi connectivity index (χ1) is 12.6. The van der Waals surface area contributed by atoms with Crippen molar-refractivity contribution in [3.63, 3.8) is 0 Å². The Hall–Kier alpha value is -1.96. The van der Waals surface area contributed by atoms with Crippen LogP contribution in [0.5, 0.6) is 0 Å². The number of benzene rings is 1. The van der Waals surface area contributed by atoms with Gasteiger partial charge in [0.15, 0.2) is 0 Å². The van der Waals surface area contributed by atoms with Gasteiger partial charge in [-0.2, -0.15) is 0 Å². The highest BCUT2D eigenvalue weighted by atomic mass is 35.5. The number of rotatable bonds is 4. The molecular weight excluding hydrogens is 370 g/mol. The highest BCUT2D eigenvalue weighted by Gasteiger charge is 2.23. The number of carbonyl (C=O) groups is 1. The molecule has 0 spiro atoms. The quantitative estimate of drug-likeness (QED) is 0.688. The molecular formula is C18H20ClN5OS. The van der Waals surface area contributed by atoms with E-state index < -0.39 is 0 Å². The maximum absolute atomic E-state index is 12.8. The lowest BCUT2D eigenvalue weighted by Crippen LogP contribution is -2.48. The summed E-state index contributed by atoms with van der Waals surface area (Å²) >= 11 is 7.62. The van der Waals surface area contributed by atoms with Gasteiger partial charge in [-0.3, -0.25) is 9.69 Å². The van der Waals surface area contributed by atoms with Crippen LogP contribution in [0.4, 0.5) is 0 Å². The van der Waals surface area contributed by atoms with Crippen LogP contribution in [0.2, 0.25) is 4.34 Å². The third-order valence-electron chi connectivity index (χ3n) is 4.73. The molecule has 1 saturated heterocycles. The molecule has 4 rings (SSSR count). The van der Waals surface area contributed by atoms with Gasteiger partial charge in [-0.05, 0) is 37.3 Å². The van der Waals surface area contributed by atoms with E-state index in [-0.39, 0.29) is 5.91 Å². The molecule has 2 aromatic heterocycles. The first-order valence-electron chi connectivity index (χ1n) is 8.73. The number of nitrogens with zero attached hydrogens (tertiary/aromatic N) is 5. The van der Waals surface area contributed by atoms with Gasteiger partial charge in [0.25, 0.3) is 5.91 Å². The summed E-state index contributed by atoms with van der Waals surface area (Å²) in [6, 6.07) is 9.66. The molecule has 0 aliphatic carbocycles. The van der Waals surface area contributed by atoms with Gasteiger partial charge in [0.05, 0.1) is 9.85 Å². The molecule has 1 aliphatic rings. The highest BCUT2D eigenvalue weighted by Crippen LogP contribution is 2.23. The fraction of sp³-hybridized carbons (Fsp3) is 0.389. The summed E-state index contributed by atoms with van der Waals surface area (Å²) in [6.45, 7) is 6.89. The normalized spacial score (nSPS) is 15.7. The molecule has 1 fully saturated rings. The zero-order valence-corrected chi connectivity index (χ0v) is 16.1. The van der Waals surface area contributed by atoms with Crippen LogP contribution in [0.15, 0.2) is 30.3 Å². The number of aromatic nitrogens is 3. The maximum atomic E-state index is 12.8. The van der Waals surface area contributed by atoms with Crippen LogP contribution >= 0.6 is 22.9 Å². The van der Waals surface area contributed by atoms with Crippen molar-refractivity contribution in [3.8, 4) is 0 Å². The van der Waals surface area contributed by atoms with Crippen LogP contribution in [0.1, 0.15) is 22.2 Å². The standard InChI is InChI=1S/C18H20ClN5OS/c1-2-24-16-5-3-13(11-15(16)20-21-24)18(25)23-9-7-22(8-10-23)12-14-4-6-17(19)26-14/h3-6,11H,2,7-10,12H2,1H3. The number of fused-ring (bicyclic) bond motifs is 1. The van der Waals surface area contributed by atoms with Crippen molar-refractivity contribution in [1.29, 1.82) is 0 Å². The Balaban J connectivity index is 1.40. The van der Waals surface area contributed by atoms with Crippen molar-refractivity contribution in [3.05, 3.63) is 45.1 Å². The van der Waals surface area contributed by atoms with E-state index in [4.69, 9.17) is 11.6 Å². The van der Waals surface area contributed by atoms with Crippen molar-refractivity contribution in [2.75, 3.05) is 26.2 Å². The SMILES string of the molecule is CCn1nnc2cc(C(=O)N3CCN(Cc4ccc(Cl)s4)CC3)ccc21. The summed E-state index contributed by atoms with van der Waals surface area (Å²) in [5, 5.41) is 8.27. The Morgan fingerprint density at radius 3 is 2.69 bits per heavy atom. The molecule has 3 aromatic rings. The number of halogens is 1. The largest absolute Gasteiger partial charge is 0.336 e. The summed E-state index contributed by atoms with van der Waals surface area (Å²) in [4.78, 5) is 18.4. The van der Waals surface area contributed by atoms with E-state index in [0.717, 1.165) is 54.6 Å². The topological polar surface area (TPSA) is 54.3 Å². The monoisotopic (exact) mass is 389 g/mol. The van der Waals surface area contributed by atoms with Gasteiger partial charge in [-0.1, -0.05) is 16.8 Å². The lowest BCUT2D eigenvalue weighted by atomic mass is 10.1. The molecule has 0 atom stereocenters. The van der Waals surface area contributed by atoms with Gasteiger partial charge in [0.2, 0.25) is 0 Å². The Labute approximate surface area is 161 Å². The number of aryl methyl sites for hydroxylation is 1. The second kappa shape index (κ2) is 7.34. The Kier molecular flexibility index (Phi) is 4.93. The summed E-state index contributed by atoms with van der Waals surface area (Å²) in [7, 11) is 0. The van der Waals surface area contributed by atoms with Gasteiger partial charge in [-0.25, -0.2) is 4.68 Å². The van der Waals surface area contributed by atoms with Gasteiger partial charge < -0.3 is 4.90 Å². The van der Waals surface area contributed by atoms with Crippen molar-refractivity contribution < 1.29 is 4.79 Å². The van der Waals surface area contributed by atoms with Gasteiger partial charge >= 0.3 is 0 Å². The van der Waals surface area contributed by atoms with E-state index in [0.29, 0.717) is 5.56 Å². The second-order valence-corrected chi connectivity index (χ2v) is 8.18. The first kappa shape index (κ1) is 17.5. The van der Waals surface area contributed by atoms with Gasteiger partial charge in [0.1, 0.15) is 5.52 Å². The zero-order chi connectivity index (χ0) is 18.1. The minimum Gasteiger partial charge on any atom is -0.336 e. The average molecular weight is 390 g/mol. The van der Waals surface area contributed by atoms with E-state index in [2.05, 4.69) is 21.3 Å². The van der Waals surface area contributed by atoms with E-state index in [9.17, 15) is 4.79 Å². The van der Waals surface area contributed by atoms with Crippen LogP contribution in [0.3, 0.4) is 0 Å². The van der Waals surface area contributed by atoms with E-state index in [1.165, 1.54) is 4.88 Å². The van der Waals surface area contributed by atoms with Crippen molar-refractivity contribution in [2.45, 2.75) is 20.0 Å². The number of hydrogen-bond donors (Lipinski definition) is 0. The maximum Gasteiger partial charge on any atom is 0.254 e. The Bertz CT molecular complexity index is 929. The molecule has 3 heterocycles. The van der Waals surface area contributed by atoms with Crippen molar-refractivity contribution in [1.82, 2.24) is 24.8 Å². The van der Waals surface area contributed by atoms with Crippen LogP contribution in [-0.4, -0.2) is 56.9 Å². The van der Waals surface area contributed by atoms with E-state index in [1.54, 1.807) is 11.3 Å². The zero-order valence-electron chi connectivity index (χ0n) is 14.6. The molecule has 1 amide bonds. The lowest BCUT2D eigenvalue weighted by molar-refractivity contribution is 0.0630. The summed E-state index contributed by atoms with van der Waals surface area (Å²) in [5.41, 5.74) is 2.41. The molecule has 6 nitrogen and oxygen atoms in total. The molecule has 0 N–H and O–H groups in total. The number of amides is 1. The second-order valence-electron chi connectivity index (χ2n) is 6.38. The minimum absolute atomic E-state index is 0.0665. The van der Waals surface area contributed by atoms with Gasteiger partial charge in [-0.15, -0.1) is 16.4 Å². The third-order valence-corrected chi connectivity index (χ3v) is 5.94. The molecule has 8 heteroatoms. The average Bonchev–Trinajstić information content (AvgIpc) is 3.26. The van der Waals surface area contributed by atoms with Gasteiger partial charge in [0, 0.05) is 49.7 Å². The smallest absolute Gasteiger partial charge is 0.254 e. The Morgan fingerprint density at radius 2 is 2.00 bits per heavy atom. The molecule has 0 bridgehead atoms. The molecule has 0 radical (unpaired) electrons. The fourth-order valence-electron chi connectivity index (χ4n) is 3.29. The molecule has 136 valence electrons. The van der Waals surface area contributed by atoms with Crippen molar-refractivity contribution >= 4 is 39.9 Å². The highest BCUT2D eigenvalue weighted by molar-refractivity contribution is 7.16. The summed E-state index contributed by atoms with van der Waals surface area (Å²) < 4.78 is 2.66. The van der Waals surface area contributed by atoms with Crippen LogP contribution < -0.4 is 0 Å². The van der Waals surface area contributed by atoms with E-state index >= 15 is 0 Å². The number of carbonyl (C=O) groups excluding carboxylic acids is 1. The third kappa shape index (κ3) is 3.47. The van der Waals surface area contributed by atoms with E-state index in [1.807, 2.05) is 40.8 Å². The summed E-state index contributed by atoms with van der Waals surface area (Å²) in [5.74, 6) is 0.0665. The van der Waals surface area contributed by atoms with Crippen molar-refractivity contribution in [2.24, 2.45) is 0 Å². The predicted octanol–water partition coefficient (Wildman–Crippen LogP) is 3.12. The van der Waals surface area contributed by atoms with Crippen LogP contribution in [-0.2, 0) is 13.1 Å². The number of hydrogen-bond acceptors (Lipinski definition) is 5. The molecule has 0 unspecified atom stereocenters. The molecule has 0 saturated carbocycles. The molecule has 1 aliphatic heterocycles. The predicted molar refractivity (Wildman–Crippen MR) is 104 cm³/mol. The first-order valence-corrected chi connectivity index (χ1v) is 9.92. The summed E-state index contributed by atoms with van der Waals surface area (Å²) in [6.07, 6.45) is 0. The molecule has 26 heavy (non-hydrogen) atoms. The lowest BCUT2D eigenvalue weighted by Gasteiger charge is -2.34. The Morgan fingerprint density at radius 1 is 1.19 bits per heavy atom.